The van der Waals surface area contributed by atoms with Gasteiger partial charge in [-0.25, -0.2) is 9.50 Å². The zero-order valence-corrected chi connectivity index (χ0v) is 19.2. The minimum atomic E-state index is -0.880. The molecule has 0 amide bonds. The van der Waals surface area contributed by atoms with Crippen molar-refractivity contribution in [1.82, 2.24) is 19.6 Å². The Morgan fingerprint density at radius 3 is 2.43 bits per heavy atom. The summed E-state index contributed by atoms with van der Waals surface area (Å²) in [5.74, 6) is -2.33. The number of phenolic OH excluding ortho intramolecular Hbond substituents is 4. The Morgan fingerprint density at radius 2 is 1.69 bits per heavy atom. The lowest BCUT2D eigenvalue weighted by Crippen LogP contribution is -2.41. The molecule has 2 aliphatic rings. The zero-order valence-electron chi connectivity index (χ0n) is 19.2. The number of rotatable bonds is 2. The molecular weight excluding hydrogens is 445 g/mol. The van der Waals surface area contributed by atoms with E-state index in [1.807, 2.05) is 18.3 Å². The summed E-state index contributed by atoms with van der Waals surface area (Å²) in [7, 11) is 6.03. The molecule has 1 fully saturated rings. The summed E-state index contributed by atoms with van der Waals surface area (Å²) in [6, 6.07) is 6.02. The number of nitrogens with zero attached hydrogens (tertiary/aromatic N) is 5. The van der Waals surface area contributed by atoms with Crippen molar-refractivity contribution in [3.05, 3.63) is 47.5 Å². The maximum absolute atomic E-state index is 10.6. The lowest BCUT2D eigenvalue weighted by Gasteiger charge is -2.40. The average molecular weight is 469 g/mol. The predicted octanol–water partition coefficient (Wildman–Crippen LogP) is 2.10. The highest BCUT2D eigenvalue weighted by molar-refractivity contribution is 6.39. The second kappa shape index (κ2) is 7.53. The fourth-order valence-electron chi connectivity index (χ4n) is 5.71. The molecule has 6 rings (SSSR count). The molecule has 3 aromatic heterocycles. The van der Waals surface area contributed by atoms with Crippen molar-refractivity contribution >= 4 is 24.6 Å². The molecule has 0 unspecified atom stereocenters. The van der Waals surface area contributed by atoms with Crippen LogP contribution in [0.5, 0.6) is 23.0 Å². The van der Waals surface area contributed by atoms with Crippen LogP contribution in [0.2, 0.25) is 0 Å². The van der Waals surface area contributed by atoms with Crippen LogP contribution >= 0.6 is 0 Å². The molecule has 2 radical (unpaired) electrons. The van der Waals surface area contributed by atoms with Gasteiger partial charge in [-0.15, -0.1) is 0 Å². The first kappa shape index (κ1) is 21.6. The molecule has 1 aliphatic carbocycles. The Morgan fingerprint density at radius 1 is 0.943 bits per heavy atom. The molecule has 35 heavy (non-hydrogen) atoms. The highest BCUT2D eigenvalue weighted by Crippen LogP contribution is 2.47. The number of anilines is 1. The Labute approximate surface area is 202 Å². The van der Waals surface area contributed by atoms with E-state index < -0.39 is 23.0 Å². The number of hydrogen-bond acceptors (Lipinski definition) is 8. The number of phenols is 4. The van der Waals surface area contributed by atoms with E-state index in [2.05, 4.69) is 21.0 Å². The van der Waals surface area contributed by atoms with Gasteiger partial charge in [0.1, 0.15) is 13.4 Å². The summed E-state index contributed by atoms with van der Waals surface area (Å²) in [6.07, 6.45) is 7.62. The van der Waals surface area contributed by atoms with Crippen molar-refractivity contribution in [1.29, 1.82) is 0 Å². The maximum Gasteiger partial charge on any atom is 0.204 e. The van der Waals surface area contributed by atoms with Gasteiger partial charge in [0.05, 0.1) is 17.6 Å². The van der Waals surface area contributed by atoms with E-state index in [1.54, 1.807) is 17.6 Å². The highest BCUT2D eigenvalue weighted by atomic mass is 16.3. The summed E-state index contributed by atoms with van der Waals surface area (Å²) >= 11 is 0. The molecule has 10 heteroatoms. The number of piperidine rings is 1. The van der Waals surface area contributed by atoms with Gasteiger partial charge in [-0.2, -0.15) is 5.10 Å². The van der Waals surface area contributed by atoms with Gasteiger partial charge in [0.2, 0.25) is 11.5 Å². The van der Waals surface area contributed by atoms with Crippen molar-refractivity contribution in [3.63, 3.8) is 0 Å². The van der Waals surface area contributed by atoms with Crippen LogP contribution in [0.4, 0.5) is 5.82 Å². The number of pyridine rings is 1. The number of aromatic hydroxyl groups is 4. The van der Waals surface area contributed by atoms with E-state index >= 15 is 0 Å². The Kier molecular flexibility index (Phi) is 4.64. The molecule has 9 nitrogen and oxygen atoms in total. The number of aryl methyl sites for hydroxylation is 1. The number of fused-ring (bicyclic) bond motifs is 2. The Bertz CT molecular complexity index is 1440. The average Bonchev–Trinajstić information content (AvgIpc) is 3.48. The summed E-state index contributed by atoms with van der Waals surface area (Å²) in [6.45, 7) is 3.44. The molecule has 0 atom stereocenters. The van der Waals surface area contributed by atoms with Gasteiger partial charge < -0.3 is 25.3 Å². The van der Waals surface area contributed by atoms with Gasteiger partial charge in [-0.05, 0) is 61.2 Å². The Hall–Kier alpha value is -3.95. The predicted molar refractivity (Wildman–Crippen MR) is 131 cm³/mol. The van der Waals surface area contributed by atoms with Crippen molar-refractivity contribution in [2.24, 2.45) is 5.41 Å². The number of aromatic nitrogens is 4. The largest absolute Gasteiger partial charge is 0.505 e. The van der Waals surface area contributed by atoms with Crippen molar-refractivity contribution in [3.8, 4) is 34.3 Å². The first-order valence-electron chi connectivity index (χ1n) is 11.6. The third kappa shape index (κ3) is 3.12. The lowest BCUT2D eigenvalue weighted by atomic mass is 9.76. The fourth-order valence-corrected chi connectivity index (χ4v) is 5.71. The van der Waals surface area contributed by atoms with Crippen molar-refractivity contribution < 1.29 is 20.4 Å². The zero-order chi connectivity index (χ0) is 24.5. The molecule has 1 spiro atoms. The molecule has 0 saturated carbocycles. The molecule has 1 saturated heterocycles. The Balaban J connectivity index is 1.38. The van der Waals surface area contributed by atoms with Gasteiger partial charge in [0.25, 0.3) is 0 Å². The third-order valence-corrected chi connectivity index (χ3v) is 7.59. The highest BCUT2D eigenvalue weighted by Gasteiger charge is 2.41. The smallest absolute Gasteiger partial charge is 0.204 e. The topological polar surface area (TPSA) is 127 Å². The van der Waals surface area contributed by atoms with Gasteiger partial charge in [0, 0.05) is 30.5 Å². The normalized spacial score (nSPS) is 16.8. The van der Waals surface area contributed by atoms with E-state index in [-0.39, 0.29) is 16.4 Å². The third-order valence-electron chi connectivity index (χ3n) is 7.59. The minimum Gasteiger partial charge on any atom is -0.505 e. The van der Waals surface area contributed by atoms with Crippen molar-refractivity contribution in [2.45, 2.75) is 32.6 Å². The monoisotopic (exact) mass is 469 g/mol. The van der Waals surface area contributed by atoms with Crippen LogP contribution in [-0.4, -0.2) is 60.9 Å². The van der Waals surface area contributed by atoms with Crippen LogP contribution in [-0.2, 0) is 12.8 Å². The summed E-state index contributed by atoms with van der Waals surface area (Å²) in [5.41, 5.74) is 4.02. The molecule has 176 valence electrons. The van der Waals surface area contributed by atoms with Gasteiger partial charge in [0.15, 0.2) is 17.3 Å². The molecule has 0 bridgehead atoms. The molecular formula is C25H24BN5O4. The fraction of sp³-hybridized carbons (Fsp3) is 0.320. The second-order valence-electron chi connectivity index (χ2n) is 9.63. The quantitative estimate of drug-likeness (QED) is 0.200. The summed E-state index contributed by atoms with van der Waals surface area (Å²) in [4.78, 5) is 11.7. The van der Waals surface area contributed by atoms with E-state index in [0.717, 1.165) is 44.6 Å². The van der Waals surface area contributed by atoms with Crippen LogP contribution in [0.25, 0.3) is 16.8 Å². The molecule has 4 aromatic rings. The van der Waals surface area contributed by atoms with Crippen LogP contribution in [0.3, 0.4) is 0 Å². The lowest BCUT2D eigenvalue weighted by molar-refractivity contribution is 0.231. The first-order chi connectivity index (χ1) is 16.8. The number of hydrogen-bond donors (Lipinski definition) is 4. The first-order valence-corrected chi connectivity index (χ1v) is 11.6. The summed E-state index contributed by atoms with van der Waals surface area (Å²) in [5, 5.41) is 45.2. The van der Waals surface area contributed by atoms with Crippen LogP contribution in [0, 0.1) is 12.3 Å². The second-order valence-corrected chi connectivity index (χ2v) is 9.63. The SMILES string of the molecule is [B]c1c(O)c(O)c(O)c(O)c1-c1c(C)nc(N2CCC3(CC2)Cc2cccnc2C3)c2ccnn12. The standard InChI is InChI=1S/C25H24BN5O4/c1-13-19(17-18(26)21(33)23(35)22(34)20(17)32)31-16(4-8-28-31)24(29-13)30-9-5-25(6-10-30)11-14-3-2-7-27-15(14)12-25/h2-4,7-8,32-35H,5-6,9-12H2,1H3. The van der Waals surface area contributed by atoms with Gasteiger partial charge in [-0.1, -0.05) is 6.07 Å². The van der Waals surface area contributed by atoms with Gasteiger partial charge in [-0.3, -0.25) is 4.98 Å². The minimum absolute atomic E-state index is 0.0446. The van der Waals surface area contributed by atoms with Crippen LogP contribution in [0.15, 0.2) is 30.6 Å². The number of benzene rings is 1. The van der Waals surface area contributed by atoms with Crippen LogP contribution < -0.4 is 10.4 Å². The molecule has 1 aliphatic heterocycles. The summed E-state index contributed by atoms with van der Waals surface area (Å²) < 4.78 is 1.60. The van der Waals surface area contributed by atoms with E-state index in [9.17, 15) is 20.4 Å². The van der Waals surface area contributed by atoms with E-state index in [0.29, 0.717) is 16.9 Å². The van der Waals surface area contributed by atoms with E-state index in [1.165, 1.54) is 11.3 Å². The maximum atomic E-state index is 10.6. The van der Waals surface area contributed by atoms with E-state index in [4.69, 9.17) is 12.8 Å². The molecule has 4 heterocycles. The van der Waals surface area contributed by atoms with Gasteiger partial charge >= 0.3 is 0 Å². The molecule has 1 aromatic carbocycles. The van der Waals surface area contributed by atoms with Crippen LogP contribution in [0.1, 0.15) is 29.8 Å². The van der Waals surface area contributed by atoms with Crippen molar-refractivity contribution in [2.75, 3.05) is 18.0 Å². The molecule has 4 N–H and O–H groups in total.